The first-order valence-corrected chi connectivity index (χ1v) is 10.6. The number of hydrogen-bond acceptors (Lipinski definition) is 4. The number of carbonyl (C=O) groups is 2. The Morgan fingerprint density at radius 3 is 1.90 bits per heavy atom. The average molecular weight is 416 g/mol. The minimum atomic E-state index is -0.357. The highest BCUT2D eigenvalue weighted by molar-refractivity contribution is 8.15. The zero-order chi connectivity index (χ0) is 20.9. The van der Waals surface area contributed by atoms with Crippen molar-refractivity contribution >= 4 is 35.1 Å². The van der Waals surface area contributed by atoms with E-state index >= 15 is 0 Å². The van der Waals surface area contributed by atoms with Gasteiger partial charge in [-0.15, -0.1) is 0 Å². The van der Waals surface area contributed by atoms with Gasteiger partial charge in [-0.3, -0.25) is 14.9 Å². The molecule has 3 aromatic carbocycles. The van der Waals surface area contributed by atoms with Gasteiger partial charge < -0.3 is 4.74 Å². The number of carbonyl (C=O) groups excluding carboxylic acids is 2. The molecule has 1 unspecified atom stereocenters. The molecular formula is C25H21NO3S. The van der Waals surface area contributed by atoms with E-state index in [1.165, 1.54) is 11.1 Å². The summed E-state index contributed by atoms with van der Waals surface area (Å²) in [5.74, 6) is 1.26. The zero-order valence-corrected chi connectivity index (χ0v) is 17.3. The second-order valence-corrected chi connectivity index (χ2v) is 8.32. The number of imide groups is 1. The van der Waals surface area contributed by atoms with Crippen molar-refractivity contribution in [3.63, 3.8) is 0 Å². The van der Waals surface area contributed by atoms with Crippen molar-refractivity contribution < 1.29 is 14.3 Å². The first kappa shape index (κ1) is 20.0. The molecule has 4 rings (SSSR count). The standard InChI is InChI=1S/C25H21NO3S/c1-17-2-4-18(5-3-17)6-7-19-8-12-21(13-9-19)29-22-14-10-20(11-15-22)16-23-24(27)26-25(28)30-23/h2-15,23H,16H2,1H3,(H,26,27,28). The number of benzene rings is 3. The molecule has 1 heterocycles. The predicted octanol–water partition coefficient (Wildman–Crippen LogP) is 5.85. The molecule has 0 radical (unpaired) electrons. The third kappa shape index (κ3) is 5.19. The van der Waals surface area contributed by atoms with Crippen LogP contribution in [0.1, 0.15) is 22.3 Å². The number of thioether (sulfide) groups is 1. The molecule has 1 N–H and O–H groups in total. The van der Waals surface area contributed by atoms with Crippen LogP contribution in [0.15, 0.2) is 72.8 Å². The number of ether oxygens (including phenoxy) is 1. The normalized spacial score (nSPS) is 16.1. The summed E-state index contributed by atoms with van der Waals surface area (Å²) < 4.78 is 5.91. The highest BCUT2D eigenvalue weighted by atomic mass is 32.2. The largest absolute Gasteiger partial charge is 0.457 e. The van der Waals surface area contributed by atoms with E-state index in [1.54, 1.807) is 0 Å². The smallest absolute Gasteiger partial charge is 0.286 e. The van der Waals surface area contributed by atoms with Gasteiger partial charge in [-0.25, -0.2) is 0 Å². The molecular weight excluding hydrogens is 394 g/mol. The van der Waals surface area contributed by atoms with Crippen LogP contribution >= 0.6 is 11.8 Å². The van der Waals surface area contributed by atoms with Gasteiger partial charge in [0.1, 0.15) is 11.5 Å². The summed E-state index contributed by atoms with van der Waals surface area (Å²) in [6.45, 7) is 2.08. The van der Waals surface area contributed by atoms with Crippen molar-refractivity contribution in [3.05, 3.63) is 95.1 Å². The van der Waals surface area contributed by atoms with Gasteiger partial charge in [-0.05, 0) is 54.3 Å². The van der Waals surface area contributed by atoms with Crippen molar-refractivity contribution in [2.24, 2.45) is 0 Å². The van der Waals surface area contributed by atoms with Gasteiger partial charge in [0, 0.05) is 0 Å². The van der Waals surface area contributed by atoms with E-state index in [2.05, 4.69) is 48.7 Å². The summed E-state index contributed by atoms with van der Waals surface area (Å²) in [5, 5.41) is 1.68. The molecule has 4 nitrogen and oxygen atoms in total. The summed E-state index contributed by atoms with van der Waals surface area (Å²) in [5.41, 5.74) is 4.50. The molecule has 1 atom stereocenters. The molecule has 0 spiro atoms. The quantitative estimate of drug-likeness (QED) is 0.513. The maximum atomic E-state index is 11.7. The van der Waals surface area contributed by atoms with Crippen molar-refractivity contribution in [2.75, 3.05) is 0 Å². The van der Waals surface area contributed by atoms with Crippen molar-refractivity contribution in [3.8, 4) is 11.5 Å². The summed E-state index contributed by atoms with van der Waals surface area (Å²) in [6, 6.07) is 23.9. The Balaban J connectivity index is 1.34. The Kier molecular flexibility index (Phi) is 6.00. The Morgan fingerprint density at radius 2 is 1.37 bits per heavy atom. The minimum absolute atomic E-state index is 0.221. The fourth-order valence-corrected chi connectivity index (χ4v) is 3.95. The highest BCUT2D eigenvalue weighted by Gasteiger charge is 2.31. The highest BCUT2D eigenvalue weighted by Crippen LogP contribution is 2.26. The maximum absolute atomic E-state index is 11.7. The second kappa shape index (κ2) is 9.01. The third-order valence-corrected chi connectivity index (χ3v) is 5.75. The Bertz CT molecular complexity index is 1070. The summed E-state index contributed by atoms with van der Waals surface area (Å²) in [4.78, 5) is 23.0. The van der Waals surface area contributed by atoms with Crippen LogP contribution in [0, 0.1) is 6.92 Å². The van der Waals surface area contributed by atoms with Crippen molar-refractivity contribution in [1.82, 2.24) is 5.32 Å². The van der Waals surface area contributed by atoms with Crippen molar-refractivity contribution in [1.29, 1.82) is 0 Å². The molecule has 0 aliphatic carbocycles. The average Bonchev–Trinajstić information content (AvgIpc) is 3.07. The molecule has 1 aliphatic heterocycles. The lowest BCUT2D eigenvalue weighted by molar-refractivity contribution is -0.118. The van der Waals surface area contributed by atoms with E-state index in [4.69, 9.17) is 4.74 Å². The van der Waals surface area contributed by atoms with E-state index < -0.39 is 0 Å². The van der Waals surface area contributed by atoms with Crippen LogP contribution < -0.4 is 10.1 Å². The molecule has 150 valence electrons. The van der Waals surface area contributed by atoms with Gasteiger partial charge in [-0.2, -0.15) is 0 Å². The molecule has 1 saturated heterocycles. The molecule has 3 aromatic rings. The topological polar surface area (TPSA) is 55.4 Å². The minimum Gasteiger partial charge on any atom is -0.457 e. The van der Waals surface area contributed by atoms with E-state index in [0.717, 1.165) is 34.4 Å². The lowest BCUT2D eigenvalue weighted by atomic mass is 10.1. The third-order valence-electron chi connectivity index (χ3n) is 4.77. The summed E-state index contributed by atoms with van der Waals surface area (Å²) in [6.07, 6.45) is 4.68. The predicted molar refractivity (Wildman–Crippen MR) is 122 cm³/mol. The Morgan fingerprint density at radius 1 is 0.833 bits per heavy atom. The van der Waals surface area contributed by atoms with Crippen LogP contribution in [-0.4, -0.2) is 16.4 Å². The van der Waals surface area contributed by atoms with Gasteiger partial charge in [0.15, 0.2) is 0 Å². The van der Waals surface area contributed by atoms with Crippen LogP contribution in [0.2, 0.25) is 0 Å². The maximum Gasteiger partial charge on any atom is 0.286 e. The van der Waals surface area contributed by atoms with E-state index in [-0.39, 0.29) is 16.4 Å². The number of aryl methyl sites for hydroxylation is 1. The van der Waals surface area contributed by atoms with E-state index in [9.17, 15) is 9.59 Å². The monoisotopic (exact) mass is 415 g/mol. The first-order valence-electron chi connectivity index (χ1n) is 9.68. The summed E-state index contributed by atoms with van der Waals surface area (Å²) in [7, 11) is 0. The van der Waals surface area contributed by atoms with Crippen LogP contribution in [0.25, 0.3) is 12.2 Å². The van der Waals surface area contributed by atoms with Crippen LogP contribution in [-0.2, 0) is 11.2 Å². The van der Waals surface area contributed by atoms with Gasteiger partial charge in [0.25, 0.3) is 5.24 Å². The van der Waals surface area contributed by atoms with Crippen LogP contribution in [0.3, 0.4) is 0 Å². The molecule has 0 bridgehead atoms. The van der Waals surface area contributed by atoms with Crippen molar-refractivity contribution in [2.45, 2.75) is 18.6 Å². The van der Waals surface area contributed by atoms with E-state index in [1.807, 2.05) is 48.5 Å². The second-order valence-electron chi connectivity index (χ2n) is 7.15. The van der Waals surface area contributed by atoms with Gasteiger partial charge in [0.05, 0.1) is 5.25 Å². The molecule has 2 amide bonds. The lowest BCUT2D eigenvalue weighted by Crippen LogP contribution is -2.25. The number of amides is 2. The fraction of sp³-hybridized carbons (Fsp3) is 0.120. The van der Waals surface area contributed by atoms with Crippen LogP contribution in [0.4, 0.5) is 4.79 Å². The first-order chi connectivity index (χ1) is 14.5. The number of hydrogen-bond donors (Lipinski definition) is 1. The van der Waals surface area contributed by atoms with E-state index in [0.29, 0.717) is 6.42 Å². The Labute approximate surface area is 180 Å². The molecule has 0 aromatic heterocycles. The molecule has 1 fully saturated rings. The molecule has 30 heavy (non-hydrogen) atoms. The number of rotatable bonds is 6. The Hall–Kier alpha value is -3.31. The zero-order valence-electron chi connectivity index (χ0n) is 16.5. The SMILES string of the molecule is Cc1ccc(C=Cc2ccc(Oc3ccc(CC4SC(=O)NC4=O)cc3)cc2)cc1. The molecule has 1 aliphatic rings. The molecule has 5 heteroatoms. The number of nitrogens with one attached hydrogen (secondary N) is 1. The van der Waals surface area contributed by atoms with Crippen LogP contribution in [0.5, 0.6) is 11.5 Å². The van der Waals surface area contributed by atoms with Gasteiger partial charge in [-0.1, -0.05) is 78.0 Å². The van der Waals surface area contributed by atoms with Gasteiger partial charge in [0.2, 0.25) is 5.91 Å². The van der Waals surface area contributed by atoms with Gasteiger partial charge >= 0.3 is 0 Å². The fourth-order valence-electron chi connectivity index (χ4n) is 3.09. The lowest BCUT2D eigenvalue weighted by Gasteiger charge is -2.08. The molecule has 0 saturated carbocycles. The summed E-state index contributed by atoms with van der Waals surface area (Å²) >= 11 is 1.04.